The molecule has 7 heteroatoms. The first-order valence-electron chi connectivity index (χ1n) is 8.32. The number of carbonyl (C=O) groups excluding carboxylic acids is 1. The van der Waals surface area contributed by atoms with Crippen molar-refractivity contribution in [3.8, 4) is 0 Å². The highest BCUT2D eigenvalue weighted by Gasteiger charge is 2.36. The van der Waals surface area contributed by atoms with Crippen molar-refractivity contribution in [1.82, 2.24) is 10.2 Å². The maximum absolute atomic E-state index is 11.8. The first kappa shape index (κ1) is 22.4. The standard InChI is InChI=1S/C16H31N3O3.HI/c1-5-7-9-22-10-8-18-16(17-6-2)19-11-13(3)14(12-19)15(20)21-4;/h13-14H,5-12H2,1-4H3,(H,17,18);1H. The van der Waals surface area contributed by atoms with E-state index >= 15 is 0 Å². The summed E-state index contributed by atoms with van der Waals surface area (Å²) in [5.41, 5.74) is 0. The molecule has 1 fully saturated rings. The number of likely N-dealkylation sites (tertiary alicyclic amines) is 1. The second kappa shape index (κ2) is 12.8. The SMILES string of the molecule is CCCCOCCN=C(NCC)N1CC(C)C(C(=O)OC)C1.I. The Balaban J connectivity index is 0.00000484. The highest BCUT2D eigenvalue weighted by Crippen LogP contribution is 2.24. The Kier molecular flexibility index (Phi) is 12.5. The molecule has 0 spiro atoms. The van der Waals surface area contributed by atoms with Crippen LogP contribution >= 0.6 is 24.0 Å². The topological polar surface area (TPSA) is 63.2 Å². The van der Waals surface area contributed by atoms with Crippen LogP contribution in [0.5, 0.6) is 0 Å². The van der Waals surface area contributed by atoms with Crippen molar-refractivity contribution >= 4 is 35.9 Å². The zero-order chi connectivity index (χ0) is 16.4. The molecule has 0 bridgehead atoms. The largest absolute Gasteiger partial charge is 0.469 e. The molecule has 1 heterocycles. The summed E-state index contributed by atoms with van der Waals surface area (Å²) in [6.45, 7) is 10.6. The predicted octanol–water partition coefficient (Wildman–Crippen LogP) is 2.13. The molecule has 0 saturated carbocycles. The van der Waals surface area contributed by atoms with Gasteiger partial charge in [0.2, 0.25) is 0 Å². The molecule has 0 radical (unpaired) electrons. The van der Waals surface area contributed by atoms with Crippen LogP contribution in [0, 0.1) is 11.8 Å². The Morgan fingerprint density at radius 1 is 1.30 bits per heavy atom. The Morgan fingerprint density at radius 2 is 2.04 bits per heavy atom. The van der Waals surface area contributed by atoms with Gasteiger partial charge in [-0.15, -0.1) is 24.0 Å². The van der Waals surface area contributed by atoms with Gasteiger partial charge in [-0.2, -0.15) is 0 Å². The van der Waals surface area contributed by atoms with E-state index in [0.29, 0.717) is 19.7 Å². The van der Waals surface area contributed by atoms with Crippen molar-refractivity contribution in [3.63, 3.8) is 0 Å². The molecule has 0 aromatic heterocycles. The third-order valence-corrected chi connectivity index (χ3v) is 3.89. The molecule has 0 aromatic carbocycles. The number of hydrogen-bond donors (Lipinski definition) is 1. The molecule has 0 aromatic rings. The zero-order valence-corrected chi connectivity index (χ0v) is 17.2. The van der Waals surface area contributed by atoms with E-state index in [1.54, 1.807) is 0 Å². The molecule has 1 N–H and O–H groups in total. The summed E-state index contributed by atoms with van der Waals surface area (Å²) in [5, 5.41) is 3.29. The average molecular weight is 441 g/mol. The van der Waals surface area contributed by atoms with Gasteiger partial charge < -0.3 is 19.7 Å². The van der Waals surface area contributed by atoms with E-state index in [1.807, 2.05) is 6.92 Å². The molecule has 2 unspecified atom stereocenters. The van der Waals surface area contributed by atoms with Gasteiger partial charge in [0.15, 0.2) is 5.96 Å². The van der Waals surface area contributed by atoms with Gasteiger partial charge in [0.05, 0.1) is 26.2 Å². The van der Waals surface area contributed by atoms with Crippen molar-refractivity contribution < 1.29 is 14.3 Å². The van der Waals surface area contributed by atoms with Gasteiger partial charge in [-0.05, 0) is 19.3 Å². The van der Waals surface area contributed by atoms with Gasteiger partial charge in [-0.25, -0.2) is 0 Å². The van der Waals surface area contributed by atoms with Gasteiger partial charge in [0.1, 0.15) is 0 Å². The Morgan fingerprint density at radius 3 is 2.65 bits per heavy atom. The van der Waals surface area contributed by atoms with Crippen molar-refractivity contribution in [2.45, 2.75) is 33.6 Å². The maximum atomic E-state index is 11.8. The smallest absolute Gasteiger partial charge is 0.310 e. The summed E-state index contributed by atoms with van der Waals surface area (Å²) in [6.07, 6.45) is 2.24. The first-order valence-corrected chi connectivity index (χ1v) is 8.32. The van der Waals surface area contributed by atoms with Crippen LogP contribution in [0.15, 0.2) is 4.99 Å². The molecule has 1 aliphatic rings. The van der Waals surface area contributed by atoms with Crippen LogP contribution in [-0.4, -0.2) is 63.3 Å². The van der Waals surface area contributed by atoms with Gasteiger partial charge in [0, 0.05) is 26.2 Å². The van der Waals surface area contributed by atoms with E-state index in [4.69, 9.17) is 9.47 Å². The first-order chi connectivity index (χ1) is 10.6. The third-order valence-electron chi connectivity index (χ3n) is 3.89. The van der Waals surface area contributed by atoms with Crippen LogP contribution in [0.25, 0.3) is 0 Å². The fourth-order valence-electron chi connectivity index (χ4n) is 2.59. The van der Waals surface area contributed by atoms with Crippen molar-refractivity contribution in [3.05, 3.63) is 0 Å². The van der Waals surface area contributed by atoms with Crippen LogP contribution in [0.1, 0.15) is 33.6 Å². The van der Waals surface area contributed by atoms with Crippen LogP contribution < -0.4 is 5.32 Å². The van der Waals surface area contributed by atoms with Crippen molar-refractivity contribution in [1.29, 1.82) is 0 Å². The number of nitrogens with one attached hydrogen (secondary N) is 1. The number of guanidine groups is 1. The number of ether oxygens (including phenoxy) is 2. The summed E-state index contributed by atoms with van der Waals surface area (Å²) in [6, 6.07) is 0. The van der Waals surface area contributed by atoms with E-state index in [-0.39, 0.29) is 41.8 Å². The van der Waals surface area contributed by atoms with Crippen LogP contribution in [-0.2, 0) is 14.3 Å². The number of hydrogen-bond acceptors (Lipinski definition) is 4. The molecule has 0 aliphatic carbocycles. The fourth-order valence-corrected chi connectivity index (χ4v) is 2.59. The monoisotopic (exact) mass is 441 g/mol. The van der Waals surface area contributed by atoms with Gasteiger partial charge in [0.25, 0.3) is 0 Å². The lowest BCUT2D eigenvalue weighted by Crippen LogP contribution is -2.40. The molecular formula is C16H32IN3O3. The van der Waals surface area contributed by atoms with E-state index in [9.17, 15) is 4.79 Å². The number of carbonyl (C=O) groups is 1. The number of methoxy groups -OCH3 is 1. The molecule has 0 amide bonds. The molecule has 23 heavy (non-hydrogen) atoms. The second-order valence-corrected chi connectivity index (χ2v) is 5.71. The molecule has 1 aliphatic heterocycles. The van der Waals surface area contributed by atoms with Gasteiger partial charge in [-0.1, -0.05) is 20.3 Å². The van der Waals surface area contributed by atoms with E-state index in [0.717, 1.165) is 38.5 Å². The summed E-state index contributed by atoms with van der Waals surface area (Å²) in [7, 11) is 1.45. The Labute approximate surface area is 157 Å². The third kappa shape index (κ3) is 7.69. The molecule has 1 rings (SSSR count). The quantitative estimate of drug-likeness (QED) is 0.206. The highest BCUT2D eigenvalue weighted by atomic mass is 127. The molecular weight excluding hydrogens is 409 g/mol. The number of aliphatic imine (C=N–C) groups is 1. The summed E-state index contributed by atoms with van der Waals surface area (Å²) < 4.78 is 10.4. The minimum atomic E-state index is -0.131. The summed E-state index contributed by atoms with van der Waals surface area (Å²) >= 11 is 0. The average Bonchev–Trinajstić information content (AvgIpc) is 2.90. The van der Waals surface area contributed by atoms with E-state index in [1.165, 1.54) is 7.11 Å². The number of halogens is 1. The summed E-state index contributed by atoms with van der Waals surface area (Å²) in [4.78, 5) is 18.5. The second-order valence-electron chi connectivity index (χ2n) is 5.71. The highest BCUT2D eigenvalue weighted by molar-refractivity contribution is 14.0. The predicted molar refractivity (Wildman–Crippen MR) is 103 cm³/mol. The van der Waals surface area contributed by atoms with Gasteiger partial charge in [-0.3, -0.25) is 9.79 Å². The number of nitrogens with zero attached hydrogens (tertiary/aromatic N) is 2. The van der Waals surface area contributed by atoms with Crippen molar-refractivity contribution in [2.75, 3.05) is 46.5 Å². The van der Waals surface area contributed by atoms with Crippen LogP contribution in [0.4, 0.5) is 0 Å². The van der Waals surface area contributed by atoms with Crippen LogP contribution in [0.2, 0.25) is 0 Å². The lowest BCUT2D eigenvalue weighted by Gasteiger charge is -2.21. The molecule has 136 valence electrons. The fraction of sp³-hybridized carbons (Fsp3) is 0.875. The Bertz CT molecular complexity index is 366. The van der Waals surface area contributed by atoms with E-state index < -0.39 is 0 Å². The lowest BCUT2D eigenvalue weighted by atomic mass is 9.99. The van der Waals surface area contributed by atoms with Crippen LogP contribution in [0.3, 0.4) is 0 Å². The number of esters is 1. The minimum Gasteiger partial charge on any atom is -0.469 e. The van der Waals surface area contributed by atoms with Crippen molar-refractivity contribution in [2.24, 2.45) is 16.8 Å². The molecule has 2 atom stereocenters. The minimum absolute atomic E-state index is 0. The van der Waals surface area contributed by atoms with E-state index in [2.05, 4.69) is 29.1 Å². The number of unbranched alkanes of at least 4 members (excludes halogenated alkanes) is 1. The number of rotatable bonds is 8. The summed E-state index contributed by atoms with van der Waals surface area (Å²) in [5.74, 6) is 0.931. The Hall–Kier alpha value is -0.570. The molecule has 6 nitrogen and oxygen atoms in total. The maximum Gasteiger partial charge on any atom is 0.310 e. The normalized spacial score (nSPS) is 21.0. The lowest BCUT2D eigenvalue weighted by molar-refractivity contribution is -0.145. The zero-order valence-electron chi connectivity index (χ0n) is 14.8. The molecule has 1 saturated heterocycles. The van der Waals surface area contributed by atoms with Gasteiger partial charge >= 0.3 is 5.97 Å².